The predicted octanol–water partition coefficient (Wildman–Crippen LogP) is 0.778. The van der Waals surface area contributed by atoms with Gasteiger partial charge < -0.3 is 10.6 Å². The van der Waals surface area contributed by atoms with Crippen LogP contribution in [0.15, 0.2) is 12.3 Å². The van der Waals surface area contributed by atoms with Crippen molar-refractivity contribution >= 4 is 5.91 Å². The van der Waals surface area contributed by atoms with Crippen LogP contribution in [0.2, 0.25) is 0 Å². The SMILES string of the molecule is CCCC(=O)NC1C=CNCC1. The number of amides is 1. The van der Waals surface area contributed by atoms with Crippen molar-refractivity contribution < 1.29 is 4.79 Å². The molecule has 3 heteroatoms. The second kappa shape index (κ2) is 4.80. The zero-order valence-corrected chi connectivity index (χ0v) is 7.47. The van der Waals surface area contributed by atoms with Crippen LogP contribution in [0.4, 0.5) is 0 Å². The van der Waals surface area contributed by atoms with Crippen molar-refractivity contribution in [2.24, 2.45) is 0 Å². The summed E-state index contributed by atoms with van der Waals surface area (Å²) in [5.41, 5.74) is 0. The van der Waals surface area contributed by atoms with Gasteiger partial charge in [-0.1, -0.05) is 6.92 Å². The Balaban J connectivity index is 2.25. The van der Waals surface area contributed by atoms with E-state index in [9.17, 15) is 4.79 Å². The van der Waals surface area contributed by atoms with Crippen molar-refractivity contribution in [2.45, 2.75) is 32.2 Å². The molecule has 1 rings (SSSR count). The quantitative estimate of drug-likeness (QED) is 0.653. The Morgan fingerprint density at radius 2 is 2.58 bits per heavy atom. The Kier molecular flexibility index (Phi) is 3.64. The van der Waals surface area contributed by atoms with Gasteiger partial charge in [-0.05, 0) is 25.1 Å². The van der Waals surface area contributed by atoms with Gasteiger partial charge in [0.2, 0.25) is 5.91 Å². The largest absolute Gasteiger partial charge is 0.391 e. The fourth-order valence-corrected chi connectivity index (χ4v) is 1.23. The molecule has 0 saturated carbocycles. The molecular formula is C9H16N2O. The number of carbonyl (C=O) groups excluding carboxylic acids is 1. The molecule has 1 atom stereocenters. The summed E-state index contributed by atoms with van der Waals surface area (Å²) in [7, 11) is 0. The minimum Gasteiger partial charge on any atom is -0.391 e. The van der Waals surface area contributed by atoms with E-state index in [0.29, 0.717) is 6.42 Å². The van der Waals surface area contributed by atoms with Crippen molar-refractivity contribution in [1.82, 2.24) is 10.6 Å². The number of carbonyl (C=O) groups is 1. The number of nitrogens with one attached hydrogen (secondary N) is 2. The first kappa shape index (κ1) is 9.10. The van der Waals surface area contributed by atoms with Crippen LogP contribution >= 0.6 is 0 Å². The summed E-state index contributed by atoms with van der Waals surface area (Å²) < 4.78 is 0. The van der Waals surface area contributed by atoms with Crippen LogP contribution in [-0.2, 0) is 4.79 Å². The smallest absolute Gasteiger partial charge is 0.220 e. The standard InChI is InChI=1S/C9H16N2O/c1-2-3-9(12)11-8-4-6-10-7-5-8/h4,6,8,10H,2-3,5,7H2,1H3,(H,11,12). The molecule has 1 amide bonds. The Morgan fingerprint density at radius 1 is 1.75 bits per heavy atom. The van der Waals surface area contributed by atoms with Gasteiger partial charge in [-0.2, -0.15) is 0 Å². The van der Waals surface area contributed by atoms with E-state index in [1.807, 2.05) is 19.2 Å². The molecule has 0 radical (unpaired) electrons. The second-order valence-electron chi connectivity index (χ2n) is 3.03. The van der Waals surface area contributed by atoms with Crippen LogP contribution in [-0.4, -0.2) is 18.5 Å². The fourth-order valence-electron chi connectivity index (χ4n) is 1.23. The van der Waals surface area contributed by atoms with E-state index in [2.05, 4.69) is 10.6 Å². The molecule has 0 aromatic carbocycles. The maximum Gasteiger partial charge on any atom is 0.220 e. The highest BCUT2D eigenvalue weighted by atomic mass is 16.1. The summed E-state index contributed by atoms with van der Waals surface area (Å²) in [4.78, 5) is 11.1. The van der Waals surface area contributed by atoms with Crippen LogP contribution in [0.1, 0.15) is 26.2 Å². The van der Waals surface area contributed by atoms with Gasteiger partial charge in [-0.15, -0.1) is 0 Å². The highest BCUT2D eigenvalue weighted by Gasteiger charge is 2.09. The molecule has 1 aliphatic rings. The first-order valence-corrected chi connectivity index (χ1v) is 4.52. The minimum atomic E-state index is 0.161. The number of hydrogen-bond donors (Lipinski definition) is 2. The molecule has 0 spiro atoms. The summed E-state index contributed by atoms with van der Waals surface area (Å²) >= 11 is 0. The maximum absolute atomic E-state index is 11.1. The van der Waals surface area contributed by atoms with E-state index in [0.717, 1.165) is 19.4 Å². The van der Waals surface area contributed by atoms with Crippen molar-refractivity contribution in [3.05, 3.63) is 12.3 Å². The average molecular weight is 168 g/mol. The lowest BCUT2D eigenvalue weighted by atomic mass is 10.1. The molecule has 0 aromatic heterocycles. The van der Waals surface area contributed by atoms with Crippen molar-refractivity contribution in [1.29, 1.82) is 0 Å². The third-order valence-corrected chi connectivity index (χ3v) is 1.87. The van der Waals surface area contributed by atoms with Crippen LogP contribution in [0.25, 0.3) is 0 Å². The summed E-state index contributed by atoms with van der Waals surface area (Å²) in [5, 5.41) is 6.04. The summed E-state index contributed by atoms with van der Waals surface area (Å²) in [6, 6.07) is 0.241. The van der Waals surface area contributed by atoms with Crippen molar-refractivity contribution in [3.63, 3.8) is 0 Å². The first-order valence-electron chi connectivity index (χ1n) is 4.52. The van der Waals surface area contributed by atoms with Gasteiger partial charge in [0, 0.05) is 13.0 Å². The monoisotopic (exact) mass is 168 g/mol. The van der Waals surface area contributed by atoms with Crippen molar-refractivity contribution in [2.75, 3.05) is 6.54 Å². The van der Waals surface area contributed by atoms with Gasteiger partial charge in [0.25, 0.3) is 0 Å². The molecule has 12 heavy (non-hydrogen) atoms. The molecule has 1 unspecified atom stereocenters. The number of hydrogen-bond acceptors (Lipinski definition) is 2. The molecule has 0 aromatic rings. The predicted molar refractivity (Wildman–Crippen MR) is 48.6 cm³/mol. The van der Waals surface area contributed by atoms with E-state index in [1.165, 1.54) is 0 Å². The van der Waals surface area contributed by atoms with E-state index < -0.39 is 0 Å². The Bertz CT molecular complexity index is 177. The zero-order valence-electron chi connectivity index (χ0n) is 7.47. The molecule has 2 N–H and O–H groups in total. The summed E-state index contributed by atoms with van der Waals surface area (Å²) in [5.74, 6) is 0.161. The topological polar surface area (TPSA) is 41.1 Å². The molecule has 0 saturated heterocycles. The van der Waals surface area contributed by atoms with Gasteiger partial charge in [0.05, 0.1) is 6.04 Å². The van der Waals surface area contributed by atoms with Crippen LogP contribution < -0.4 is 10.6 Å². The molecule has 0 bridgehead atoms. The molecule has 68 valence electrons. The average Bonchev–Trinajstić information content (AvgIpc) is 2.06. The lowest BCUT2D eigenvalue weighted by Gasteiger charge is -2.18. The highest BCUT2D eigenvalue weighted by Crippen LogP contribution is 1.98. The maximum atomic E-state index is 11.1. The molecule has 0 fully saturated rings. The van der Waals surface area contributed by atoms with Crippen LogP contribution in [0.3, 0.4) is 0 Å². The fraction of sp³-hybridized carbons (Fsp3) is 0.667. The van der Waals surface area contributed by atoms with E-state index in [1.54, 1.807) is 0 Å². The molecular weight excluding hydrogens is 152 g/mol. The highest BCUT2D eigenvalue weighted by molar-refractivity contribution is 5.76. The van der Waals surface area contributed by atoms with Gasteiger partial charge >= 0.3 is 0 Å². The normalized spacial score (nSPS) is 21.6. The van der Waals surface area contributed by atoms with E-state index >= 15 is 0 Å². The Hall–Kier alpha value is -0.990. The Morgan fingerprint density at radius 3 is 3.17 bits per heavy atom. The van der Waals surface area contributed by atoms with Gasteiger partial charge in [-0.3, -0.25) is 4.79 Å². The van der Waals surface area contributed by atoms with E-state index in [-0.39, 0.29) is 11.9 Å². The van der Waals surface area contributed by atoms with Crippen LogP contribution in [0, 0.1) is 0 Å². The third-order valence-electron chi connectivity index (χ3n) is 1.87. The van der Waals surface area contributed by atoms with Gasteiger partial charge in [0.15, 0.2) is 0 Å². The molecule has 0 aliphatic carbocycles. The van der Waals surface area contributed by atoms with E-state index in [4.69, 9.17) is 0 Å². The zero-order chi connectivity index (χ0) is 8.81. The molecule has 1 heterocycles. The van der Waals surface area contributed by atoms with Gasteiger partial charge in [0.1, 0.15) is 0 Å². The van der Waals surface area contributed by atoms with Gasteiger partial charge in [-0.25, -0.2) is 0 Å². The lowest BCUT2D eigenvalue weighted by molar-refractivity contribution is -0.121. The number of rotatable bonds is 3. The summed E-state index contributed by atoms with van der Waals surface area (Å²) in [6.45, 7) is 2.96. The first-order chi connectivity index (χ1) is 5.83. The molecule has 1 aliphatic heterocycles. The van der Waals surface area contributed by atoms with Crippen LogP contribution in [0.5, 0.6) is 0 Å². The second-order valence-corrected chi connectivity index (χ2v) is 3.03. The minimum absolute atomic E-state index is 0.161. The molecule has 3 nitrogen and oxygen atoms in total. The Labute approximate surface area is 73.2 Å². The van der Waals surface area contributed by atoms with Crippen molar-refractivity contribution in [3.8, 4) is 0 Å². The summed E-state index contributed by atoms with van der Waals surface area (Å²) in [6.07, 6.45) is 6.45. The lowest BCUT2D eigenvalue weighted by Crippen LogP contribution is -2.37. The third kappa shape index (κ3) is 2.95.